The lowest BCUT2D eigenvalue weighted by atomic mass is 10.1. The van der Waals surface area contributed by atoms with E-state index in [1.54, 1.807) is 35.2 Å². The predicted molar refractivity (Wildman–Crippen MR) is 128 cm³/mol. The van der Waals surface area contributed by atoms with E-state index in [1.165, 1.54) is 11.3 Å². The summed E-state index contributed by atoms with van der Waals surface area (Å²) in [6, 6.07) is 7.16. The Morgan fingerprint density at radius 1 is 1.12 bits per heavy atom. The molecule has 4 heterocycles. The maximum Gasteiger partial charge on any atom is 0.326 e. The Balaban J connectivity index is 1.58. The van der Waals surface area contributed by atoms with E-state index in [1.807, 2.05) is 19.9 Å². The van der Waals surface area contributed by atoms with Gasteiger partial charge in [0.25, 0.3) is 11.8 Å². The molecule has 10 nitrogen and oxygen atoms in total. The normalized spacial score (nSPS) is 11.3. The summed E-state index contributed by atoms with van der Waals surface area (Å²) in [5.41, 5.74) is 2.99. The number of anilines is 1. The monoisotopic (exact) mass is 463 g/mol. The van der Waals surface area contributed by atoms with Gasteiger partial charge in [0.2, 0.25) is 0 Å². The molecule has 0 aliphatic heterocycles. The van der Waals surface area contributed by atoms with E-state index in [0.29, 0.717) is 51.3 Å². The first-order chi connectivity index (χ1) is 16.0. The molecular weight excluding hydrogens is 442 g/mol. The molecule has 5 N–H and O–H groups in total. The van der Waals surface area contributed by atoms with Crippen LogP contribution in [0.4, 0.5) is 5.82 Å². The minimum atomic E-state index is -0.331. The highest BCUT2D eigenvalue weighted by Gasteiger charge is 2.22. The highest BCUT2D eigenvalue weighted by molar-refractivity contribution is 7.17. The smallest absolute Gasteiger partial charge is 0.326 e. The lowest BCUT2D eigenvalue weighted by molar-refractivity contribution is 0.0958. The van der Waals surface area contributed by atoms with Crippen LogP contribution in [0.3, 0.4) is 0 Å². The van der Waals surface area contributed by atoms with Crippen molar-refractivity contribution in [2.75, 3.05) is 11.9 Å². The van der Waals surface area contributed by atoms with Crippen LogP contribution < -0.4 is 16.3 Å². The number of aryl methyl sites for hydroxylation is 1. The summed E-state index contributed by atoms with van der Waals surface area (Å²) >= 11 is 1.33. The molecular formula is C22H21N7O3S. The van der Waals surface area contributed by atoms with Crippen molar-refractivity contribution >= 4 is 50.9 Å². The number of nitrogens with one attached hydrogen (secondary N) is 5. The van der Waals surface area contributed by atoms with Crippen LogP contribution in [0.1, 0.15) is 33.9 Å². The van der Waals surface area contributed by atoms with Crippen LogP contribution in [0, 0.1) is 0 Å². The number of amides is 2. The highest BCUT2D eigenvalue weighted by Crippen LogP contribution is 2.31. The molecule has 4 aromatic heterocycles. The molecule has 0 atom stereocenters. The Hall–Kier alpha value is -4.12. The third-order valence-corrected chi connectivity index (χ3v) is 6.56. The van der Waals surface area contributed by atoms with Gasteiger partial charge in [-0.15, -0.1) is 11.3 Å². The molecule has 0 saturated heterocycles. The zero-order valence-electron chi connectivity index (χ0n) is 17.9. The molecule has 0 aliphatic rings. The van der Waals surface area contributed by atoms with Crippen LogP contribution in [0.5, 0.6) is 0 Å². The van der Waals surface area contributed by atoms with Gasteiger partial charge in [-0.1, -0.05) is 0 Å². The first-order valence-electron chi connectivity index (χ1n) is 10.5. The maximum absolute atomic E-state index is 13.0. The Kier molecular flexibility index (Phi) is 5.09. The summed E-state index contributed by atoms with van der Waals surface area (Å²) < 4.78 is 1.60. The molecule has 0 fully saturated rings. The second-order valence-electron chi connectivity index (χ2n) is 7.43. The number of nitrogens with zero attached hydrogens (tertiary/aromatic N) is 2. The number of carbonyl (C=O) groups is 2. The number of thiophene rings is 1. The largest absolute Gasteiger partial charge is 0.352 e. The van der Waals surface area contributed by atoms with Gasteiger partial charge in [-0.25, -0.2) is 4.79 Å². The van der Waals surface area contributed by atoms with Crippen LogP contribution in [0.15, 0.2) is 41.5 Å². The molecule has 0 bridgehead atoms. The average Bonchev–Trinajstić information content (AvgIpc) is 3.56. The summed E-state index contributed by atoms with van der Waals surface area (Å²) in [7, 11) is 0. The quantitative estimate of drug-likeness (QED) is 0.263. The molecule has 0 radical (unpaired) electrons. The maximum atomic E-state index is 13.0. The number of imidazole rings is 1. The highest BCUT2D eigenvalue weighted by atomic mass is 32.1. The van der Waals surface area contributed by atoms with E-state index in [4.69, 9.17) is 0 Å². The Morgan fingerprint density at radius 2 is 1.97 bits per heavy atom. The van der Waals surface area contributed by atoms with Gasteiger partial charge in [0.1, 0.15) is 5.82 Å². The number of benzene rings is 1. The molecule has 11 heteroatoms. The molecule has 0 spiro atoms. The van der Waals surface area contributed by atoms with Crippen LogP contribution >= 0.6 is 11.3 Å². The third kappa shape index (κ3) is 3.52. The number of hydrogen-bond acceptors (Lipinski definition) is 5. The zero-order chi connectivity index (χ0) is 23.1. The topological polar surface area (TPSA) is 140 Å². The van der Waals surface area contributed by atoms with E-state index in [9.17, 15) is 14.4 Å². The number of rotatable bonds is 6. The van der Waals surface area contributed by atoms with Gasteiger partial charge in [0, 0.05) is 35.1 Å². The van der Waals surface area contributed by atoms with E-state index in [2.05, 4.69) is 30.8 Å². The second-order valence-corrected chi connectivity index (χ2v) is 8.51. The van der Waals surface area contributed by atoms with Crippen LogP contribution in [0.25, 0.3) is 32.4 Å². The summed E-state index contributed by atoms with van der Waals surface area (Å²) in [5, 5.41) is 13.0. The summed E-state index contributed by atoms with van der Waals surface area (Å²) in [4.78, 5) is 45.5. The van der Waals surface area contributed by atoms with Gasteiger partial charge in [0.05, 0.1) is 33.2 Å². The summed E-state index contributed by atoms with van der Waals surface area (Å²) in [5.74, 6) is -0.343. The summed E-state index contributed by atoms with van der Waals surface area (Å²) in [6.07, 6.45) is 3.45. The number of hydrogen-bond donors (Lipinski definition) is 5. The van der Waals surface area contributed by atoms with Crippen molar-refractivity contribution in [3.8, 4) is 10.4 Å². The van der Waals surface area contributed by atoms with Gasteiger partial charge in [-0.05, 0) is 38.1 Å². The molecule has 5 aromatic rings. The number of aromatic amines is 3. The molecule has 5 rings (SSSR count). The summed E-state index contributed by atoms with van der Waals surface area (Å²) in [6.45, 7) is 4.63. The molecule has 0 aliphatic carbocycles. The van der Waals surface area contributed by atoms with Crippen LogP contribution in [-0.2, 0) is 6.54 Å². The van der Waals surface area contributed by atoms with Crippen molar-refractivity contribution in [2.45, 2.75) is 20.4 Å². The van der Waals surface area contributed by atoms with E-state index in [0.717, 1.165) is 10.4 Å². The van der Waals surface area contributed by atoms with E-state index in [-0.39, 0.29) is 17.5 Å². The Bertz CT molecular complexity index is 1550. The van der Waals surface area contributed by atoms with Crippen molar-refractivity contribution in [2.24, 2.45) is 0 Å². The molecule has 0 saturated carbocycles. The van der Waals surface area contributed by atoms with Crippen LogP contribution in [-0.4, -0.2) is 43.1 Å². The minimum absolute atomic E-state index is 0.209. The number of H-pyrrole nitrogens is 3. The fourth-order valence-corrected chi connectivity index (χ4v) is 4.80. The van der Waals surface area contributed by atoms with Crippen molar-refractivity contribution in [3.63, 3.8) is 0 Å². The van der Waals surface area contributed by atoms with Gasteiger partial charge >= 0.3 is 5.69 Å². The SMILES string of the molecule is CCNC(=O)c1c(NC(=O)c2ccc(-c3cn[nH]c3)s2)[nH]c2cc3[nH]c(=O)n(CC)c3cc12. The van der Waals surface area contributed by atoms with Crippen molar-refractivity contribution in [1.82, 2.24) is 30.0 Å². The lowest BCUT2D eigenvalue weighted by Gasteiger charge is -2.06. The Labute approximate surface area is 191 Å². The van der Waals surface area contributed by atoms with Gasteiger partial charge < -0.3 is 20.6 Å². The molecule has 168 valence electrons. The molecule has 0 unspecified atom stereocenters. The predicted octanol–water partition coefficient (Wildman–Crippen LogP) is 3.28. The fraction of sp³-hybridized carbons (Fsp3) is 0.182. The first kappa shape index (κ1) is 20.8. The first-order valence-corrected chi connectivity index (χ1v) is 11.3. The standard InChI is InChI=1S/C22H21N7O3S/c1-3-23-21(31)18-12-7-15-14(27-22(32)29(15)4-2)8-13(12)26-19(18)28-20(30)17-6-5-16(33-17)11-9-24-25-10-11/h5-10,26H,3-4H2,1-2H3,(H,23,31)(H,24,25)(H,27,32)(H,28,30). The van der Waals surface area contributed by atoms with E-state index >= 15 is 0 Å². The number of carbonyl (C=O) groups excluding carboxylic acids is 2. The average molecular weight is 464 g/mol. The third-order valence-electron chi connectivity index (χ3n) is 5.42. The van der Waals surface area contributed by atoms with Gasteiger partial charge in [0.15, 0.2) is 0 Å². The Morgan fingerprint density at radius 3 is 2.70 bits per heavy atom. The fourth-order valence-electron chi connectivity index (χ4n) is 3.91. The minimum Gasteiger partial charge on any atom is -0.352 e. The van der Waals surface area contributed by atoms with Crippen molar-refractivity contribution < 1.29 is 9.59 Å². The van der Waals surface area contributed by atoms with Gasteiger partial charge in [-0.2, -0.15) is 5.10 Å². The number of fused-ring (bicyclic) bond motifs is 2. The van der Waals surface area contributed by atoms with Crippen molar-refractivity contribution in [1.29, 1.82) is 0 Å². The van der Waals surface area contributed by atoms with Crippen molar-refractivity contribution in [3.05, 3.63) is 57.6 Å². The zero-order valence-corrected chi connectivity index (χ0v) is 18.7. The van der Waals surface area contributed by atoms with Crippen LogP contribution in [0.2, 0.25) is 0 Å². The molecule has 2 amide bonds. The molecule has 1 aromatic carbocycles. The van der Waals surface area contributed by atoms with Gasteiger partial charge in [-0.3, -0.25) is 19.3 Å². The second kappa shape index (κ2) is 8.10. The van der Waals surface area contributed by atoms with E-state index < -0.39 is 0 Å². The number of aromatic nitrogens is 5. The molecule has 33 heavy (non-hydrogen) atoms. The lowest BCUT2D eigenvalue weighted by Crippen LogP contribution is -2.24.